The number of carbonyl (C=O) groups is 1. The van der Waals surface area contributed by atoms with Gasteiger partial charge < -0.3 is 10.1 Å². The molecule has 0 unspecified atom stereocenters. The van der Waals surface area contributed by atoms with E-state index in [9.17, 15) is 35.9 Å². The number of nitrogens with zero attached hydrogens (tertiary/aromatic N) is 4. The smallest absolute Gasteiger partial charge is 0.416 e. The molecule has 10 nitrogen and oxygen atoms in total. The zero-order chi connectivity index (χ0) is 27.0. The third kappa shape index (κ3) is 5.05. The van der Waals surface area contributed by atoms with Gasteiger partial charge in [-0.15, -0.1) is 0 Å². The van der Waals surface area contributed by atoms with Crippen LogP contribution in [0.1, 0.15) is 30.5 Å². The third-order valence-electron chi connectivity index (χ3n) is 5.54. The van der Waals surface area contributed by atoms with Crippen LogP contribution in [0.3, 0.4) is 0 Å². The van der Waals surface area contributed by atoms with Gasteiger partial charge in [-0.25, -0.2) is 14.3 Å². The molecule has 2 aromatic heterocycles. The molecule has 3 heterocycles. The third-order valence-corrected chi connectivity index (χ3v) is 5.54. The van der Waals surface area contributed by atoms with Crippen molar-refractivity contribution in [2.24, 2.45) is 0 Å². The van der Waals surface area contributed by atoms with Crippen molar-refractivity contribution in [2.75, 3.05) is 6.61 Å². The Morgan fingerprint density at radius 3 is 2.41 bits per heavy atom. The van der Waals surface area contributed by atoms with Gasteiger partial charge in [-0.3, -0.25) is 9.89 Å². The lowest BCUT2D eigenvalue weighted by molar-refractivity contribution is -0.202. The van der Waals surface area contributed by atoms with Crippen LogP contribution >= 0.6 is 0 Å². The molecule has 198 valence electrons. The SMILES string of the molecule is O=C1N[C@@](c2ccc(OCCCC(F)(F)F)cc2F)(C(F)(F)F)CC(c2ccn[nH]2)=C1n1nn[nH]c1=O. The molecule has 0 saturated carbocycles. The molecule has 37 heavy (non-hydrogen) atoms. The Bertz CT molecular complexity index is 1380. The van der Waals surface area contributed by atoms with Crippen molar-refractivity contribution in [3.8, 4) is 5.75 Å². The fourth-order valence-electron chi connectivity index (χ4n) is 3.88. The van der Waals surface area contributed by atoms with Crippen molar-refractivity contribution >= 4 is 17.2 Å². The summed E-state index contributed by atoms with van der Waals surface area (Å²) in [6, 6.07) is 3.50. The Hall–Kier alpha value is -4.18. The molecule has 4 rings (SSSR count). The summed E-state index contributed by atoms with van der Waals surface area (Å²) in [4.78, 5) is 25.1. The molecule has 1 aliphatic rings. The van der Waals surface area contributed by atoms with Crippen LogP contribution < -0.4 is 15.7 Å². The lowest BCUT2D eigenvalue weighted by atomic mass is 9.78. The summed E-state index contributed by atoms with van der Waals surface area (Å²) in [6.07, 6.45) is -11.2. The minimum Gasteiger partial charge on any atom is -0.493 e. The second-order valence-corrected chi connectivity index (χ2v) is 7.96. The van der Waals surface area contributed by atoms with Crippen molar-refractivity contribution in [3.63, 3.8) is 0 Å². The van der Waals surface area contributed by atoms with Crippen LogP contribution in [0.15, 0.2) is 35.3 Å². The standard InChI is InChI=1S/C20H16F7N7O3/c21-13-8-10(37-7-1-5-19(22,23)24)2-3-12(13)18(20(25,26)27)9-11(14-4-6-28-30-14)15(16(35)29-18)34-17(36)31-32-33-34/h2-4,6,8H,1,5,7,9H2,(H,28,30)(H,29,35)(H,31,33,36)/t18-/m0/s1. The molecule has 3 N–H and O–H groups in total. The number of ether oxygens (including phenoxy) is 1. The van der Waals surface area contributed by atoms with Crippen molar-refractivity contribution in [1.82, 2.24) is 35.7 Å². The van der Waals surface area contributed by atoms with E-state index in [-0.39, 0.29) is 17.0 Å². The summed E-state index contributed by atoms with van der Waals surface area (Å²) < 4.78 is 101. The second kappa shape index (κ2) is 9.36. The average molecular weight is 535 g/mol. The largest absolute Gasteiger partial charge is 0.493 e. The monoisotopic (exact) mass is 535 g/mol. The molecule has 0 aliphatic carbocycles. The van der Waals surface area contributed by atoms with E-state index in [2.05, 4.69) is 20.6 Å². The highest BCUT2D eigenvalue weighted by molar-refractivity contribution is 6.22. The lowest BCUT2D eigenvalue weighted by Gasteiger charge is -2.41. The van der Waals surface area contributed by atoms with Crippen LogP contribution in [0.2, 0.25) is 0 Å². The highest BCUT2D eigenvalue weighted by Gasteiger charge is 2.61. The first-order valence-electron chi connectivity index (χ1n) is 10.4. The lowest BCUT2D eigenvalue weighted by Crippen LogP contribution is -2.59. The highest BCUT2D eigenvalue weighted by Crippen LogP contribution is 2.49. The number of tetrazole rings is 1. The van der Waals surface area contributed by atoms with Gasteiger partial charge in [0.2, 0.25) is 0 Å². The Kier molecular flexibility index (Phi) is 6.55. The molecule has 1 aromatic carbocycles. The van der Waals surface area contributed by atoms with Crippen molar-refractivity contribution in [3.05, 3.63) is 58.0 Å². The summed E-state index contributed by atoms with van der Waals surface area (Å²) in [6.45, 7) is -0.456. The summed E-state index contributed by atoms with van der Waals surface area (Å²) in [5.41, 5.74) is -6.33. The minimum absolute atomic E-state index is 0.0709. The molecule has 0 radical (unpaired) electrons. The van der Waals surface area contributed by atoms with Crippen LogP contribution in [0, 0.1) is 5.82 Å². The number of rotatable bonds is 7. The van der Waals surface area contributed by atoms with E-state index < -0.39 is 72.4 Å². The van der Waals surface area contributed by atoms with Gasteiger partial charge in [0.25, 0.3) is 5.91 Å². The van der Waals surface area contributed by atoms with Gasteiger partial charge in [0, 0.05) is 36.2 Å². The van der Waals surface area contributed by atoms with Crippen LogP contribution in [-0.2, 0) is 10.3 Å². The van der Waals surface area contributed by atoms with Crippen LogP contribution in [-0.4, -0.2) is 55.3 Å². The molecular formula is C20H16F7N7O3. The topological polar surface area (TPSA) is 131 Å². The zero-order valence-corrected chi connectivity index (χ0v) is 18.4. The summed E-state index contributed by atoms with van der Waals surface area (Å²) in [5, 5.41) is 16.4. The van der Waals surface area contributed by atoms with Gasteiger partial charge in [0.15, 0.2) is 5.54 Å². The van der Waals surface area contributed by atoms with Gasteiger partial charge in [0.05, 0.1) is 12.3 Å². The Morgan fingerprint density at radius 2 is 1.84 bits per heavy atom. The van der Waals surface area contributed by atoms with Gasteiger partial charge in [-0.2, -0.15) is 36.1 Å². The first-order valence-corrected chi connectivity index (χ1v) is 10.4. The molecule has 0 bridgehead atoms. The van der Waals surface area contributed by atoms with Crippen molar-refractivity contribution in [1.29, 1.82) is 0 Å². The zero-order valence-electron chi connectivity index (χ0n) is 18.4. The molecule has 1 atom stereocenters. The molecular weight excluding hydrogens is 519 g/mol. The number of nitrogens with one attached hydrogen (secondary N) is 3. The molecule has 3 aromatic rings. The number of H-pyrrole nitrogens is 2. The van der Waals surface area contributed by atoms with Crippen LogP contribution in [0.25, 0.3) is 11.3 Å². The number of halogens is 7. The molecule has 0 saturated heterocycles. The number of alkyl halides is 6. The Labute approximate surface area is 201 Å². The maximum atomic E-state index is 15.1. The van der Waals surface area contributed by atoms with E-state index in [0.29, 0.717) is 10.7 Å². The fourth-order valence-corrected chi connectivity index (χ4v) is 3.88. The number of carbonyl (C=O) groups excluding carboxylic acids is 1. The van der Waals surface area contributed by atoms with Gasteiger partial charge in [-0.05, 0) is 35.0 Å². The molecule has 0 fully saturated rings. The fraction of sp³-hybridized carbons (Fsp3) is 0.350. The molecule has 17 heteroatoms. The maximum absolute atomic E-state index is 15.1. The highest BCUT2D eigenvalue weighted by atomic mass is 19.4. The first-order chi connectivity index (χ1) is 17.3. The summed E-state index contributed by atoms with van der Waals surface area (Å²) in [5.74, 6) is -3.14. The minimum atomic E-state index is -5.26. The number of hydrogen-bond acceptors (Lipinski definition) is 6. The Balaban J connectivity index is 1.75. The summed E-state index contributed by atoms with van der Waals surface area (Å²) in [7, 11) is 0. The number of hydrogen-bond donors (Lipinski definition) is 3. The van der Waals surface area contributed by atoms with E-state index in [1.54, 1.807) is 5.32 Å². The van der Waals surface area contributed by atoms with E-state index >= 15 is 4.39 Å². The molecule has 1 aliphatic heterocycles. The van der Waals surface area contributed by atoms with Crippen molar-refractivity contribution in [2.45, 2.75) is 37.2 Å². The van der Waals surface area contributed by atoms with Gasteiger partial charge in [0.1, 0.15) is 17.3 Å². The quantitative estimate of drug-likeness (QED) is 0.315. The van der Waals surface area contributed by atoms with E-state index in [1.807, 2.05) is 5.10 Å². The average Bonchev–Trinajstić information content (AvgIpc) is 3.47. The van der Waals surface area contributed by atoms with Crippen LogP contribution in [0.4, 0.5) is 30.7 Å². The van der Waals surface area contributed by atoms with Crippen LogP contribution in [0.5, 0.6) is 5.75 Å². The number of aromatic amines is 2. The molecule has 0 spiro atoms. The predicted octanol–water partition coefficient (Wildman–Crippen LogP) is 2.90. The second-order valence-electron chi connectivity index (χ2n) is 7.96. The predicted molar refractivity (Wildman–Crippen MR) is 110 cm³/mol. The van der Waals surface area contributed by atoms with E-state index in [0.717, 1.165) is 12.1 Å². The van der Waals surface area contributed by atoms with Gasteiger partial charge >= 0.3 is 18.0 Å². The molecule has 1 amide bonds. The summed E-state index contributed by atoms with van der Waals surface area (Å²) >= 11 is 0. The first kappa shape index (κ1) is 25.9. The van der Waals surface area contributed by atoms with Gasteiger partial charge in [-0.1, -0.05) is 0 Å². The van der Waals surface area contributed by atoms with E-state index in [4.69, 9.17) is 4.74 Å². The number of aromatic nitrogens is 6. The van der Waals surface area contributed by atoms with E-state index in [1.165, 1.54) is 12.3 Å². The normalized spacial score (nSPS) is 18.7. The number of benzene rings is 1. The maximum Gasteiger partial charge on any atom is 0.416 e. The Morgan fingerprint density at radius 1 is 1.08 bits per heavy atom. The van der Waals surface area contributed by atoms with Crippen molar-refractivity contribution < 1.29 is 40.3 Å². The number of amides is 1.